The summed E-state index contributed by atoms with van der Waals surface area (Å²) in [6, 6.07) is 0.702. The molecule has 4 rings (SSSR count). The number of aromatic nitrogens is 3. The molecule has 1 amide bonds. The Morgan fingerprint density at radius 1 is 1.29 bits per heavy atom. The van der Waals surface area contributed by atoms with Crippen LogP contribution in [0.1, 0.15) is 56.7 Å². The lowest BCUT2D eigenvalue weighted by Gasteiger charge is -2.41. The summed E-state index contributed by atoms with van der Waals surface area (Å²) in [4.78, 5) is 14.5. The molecule has 0 spiro atoms. The molecule has 1 saturated carbocycles. The van der Waals surface area contributed by atoms with Gasteiger partial charge in [0, 0.05) is 32.1 Å². The fourth-order valence-electron chi connectivity index (χ4n) is 4.26. The number of likely N-dealkylation sites (tertiary alicyclic amines) is 1. The van der Waals surface area contributed by atoms with Crippen molar-refractivity contribution in [2.45, 2.75) is 69.7 Å². The molecule has 3 aliphatic rings. The number of nitrogens with one attached hydrogen (secondary N) is 1. The Bertz CT molecular complexity index is 569. The summed E-state index contributed by atoms with van der Waals surface area (Å²) >= 11 is 0. The first-order valence-electron chi connectivity index (χ1n) is 9.32. The van der Waals surface area contributed by atoms with Crippen molar-refractivity contribution in [1.82, 2.24) is 25.2 Å². The molecule has 2 atom stereocenters. The predicted molar refractivity (Wildman–Crippen MR) is 88.3 cm³/mol. The lowest BCUT2D eigenvalue weighted by molar-refractivity contribution is -0.123. The van der Waals surface area contributed by atoms with Gasteiger partial charge in [0.1, 0.15) is 0 Å². The van der Waals surface area contributed by atoms with Crippen LogP contribution in [0.2, 0.25) is 0 Å². The molecule has 1 aliphatic carbocycles. The minimum atomic E-state index is 0.161. The standard InChI is InChI=1S/C17H27N5O2/c23-17(19-13-4-2-1-3-5-13)7-9-21-8-6-15-16(11-21)24-12-14-10-18-20-22(14)15/h10,13,15-16H,1-9,11-12H2,(H,19,23)/t15-,16-/m0/s1. The highest BCUT2D eigenvalue weighted by Crippen LogP contribution is 2.30. The first-order chi connectivity index (χ1) is 11.8. The van der Waals surface area contributed by atoms with Gasteiger partial charge in [0.05, 0.1) is 30.6 Å². The third-order valence-corrected chi connectivity index (χ3v) is 5.64. The smallest absolute Gasteiger partial charge is 0.221 e. The molecule has 1 aromatic heterocycles. The quantitative estimate of drug-likeness (QED) is 0.898. The molecule has 7 heteroatoms. The highest BCUT2D eigenvalue weighted by atomic mass is 16.5. The van der Waals surface area contributed by atoms with Crippen molar-refractivity contribution in [3.05, 3.63) is 11.9 Å². The zero-order valence-electron chi connectivity index (χ0n) is 14.2. The van der Waals surface area contributed by atoms with Gasteiger partial charge in [0.15, 0.2) is 0 Å². The van der Waals surface area contributed by atoms with E-state index in [1.807, 2.05) is 4.68 Å². The summed E-state index contributed by atoms with van der Waals surface area (Å²) in [5.41, 5.74) is 1.07. The van der Waals surface area contributed by atoms with Crippen molar-refractivity contribution >= 4 is 5.91 Å². The van der Waals surface area contributed by atoms with E-state index in [4.69, 9.17) is 4.74 Å². The van der Waals surface area contributed by atoms with E-state index in [9.17, 15) is 4.79 Å². The van der Waals surface area contributed by atoms with Gasteiger partial charge in [-0.2, -0.15) is 0 Å². The molecule has 2 fully saturated rings. The number of hydrogen-bond acceptors (Lipinski definition) is 5. The number of carbonyl (C=O) groups excluding carboxylic acids is 1. The summed E-state index contributed by atoms with van der Waals surface area (Å²) in [7, 11) is 0. The fourth-order valence-corrected chi connectivity index (χ4v) is 4.26. The van der Waals surface area contributed by atoms with E-state index in [0.29, 0.717) is 25.1 Å². The average Bonchev–Trinajstić information content (AvgIpc) is 3.09. The minimum absolute atomic E-state index is 0.161. The Kier molecular flexibility index (Phi) is 4.80. The number of hydrogen-bond donors (Lipinski definition) is 1. The number of piperidine rings is 1. The van der Waals surface area contributed by atoms with Crippen LogP contribution in [0.25, 0.3) is 0 Å². The Hall–Kier alpha value is -1.47. The lowest BCUT2D eigenvalue weighted by Crippen LogP contribution is -2.49. The maximum absolute atomic E-state index is 12.2. The van der Waals surface area contributed by atoms with E-state index in [2.05, 4.69) is 20.5 Å². The van der Waals surface area contributed by atoms with E-state index in [0.717, 1.165) is 44.6 Å². The van der Waals surface area contributed by atoms with E-state index in [1.54, 1.807) is 6.20 Å². The van der Waals surface area contributed by atoms with Crippen molar-refractivity contribution in [2.75, 3.05) is 19.6 Å². The van der Waals surface area contributed by atoms with Gasteiger partial charge in [-0.25, -0.2) is 4.68 Å². The maximum atomic E-state index is 12.2. The second-order valence-corrected chi connectivity index (χ2v) is 7.33. The second-order valence-electron chi connectivity index (χ2n) is 7.33. The number of fused-ring (bicyclic) bond motifs is 3. The highest BCUT2D eigenvalue weighted by molar-refractivity contribution is 5.76. The SMILES string of the molecule is O=C(CCN1CC[C@H]2[C@H](C1)OCc1cnnn12)NC1CCCCC1. The number of ether oxygens (including phenoxy) is 1. The van der Waals surface area contributed by atoms with E-state index in [1.165, 1.54) is 19.3 Å². The monoisotopic (exact) mass is 333 g/mol. The summed E-state index contributed by atoms with van der Waals surface area (Å²) in [6.07, 6.45) is 9.65. The van der Waals surface area contributed by atoms with Gasteiger partial charge >= 0.3 is 0 Å². The van der Waals surface area contributed by atoms with Crippen molar-refractivity contribution in [2.24, 2.45) is 0 Å². The number of carbonyl (C=O) groups is 1. The number of amides is 1. The first-order valence-corrected chi connectivity index (χ1v) is 9.32. The average molecular weight is 333 g/mol. The Balaban J connectivity index is 1.23. The second kappa shape index (κ2) is 7.19. The molecule has 24 heavy (non-hydrogen) atoms. The Labute approximate surface area is 142 Å². The molecule has 0 aromatic carbocycles. The van der Waals surface area contributed by atoms with Crippen molar-refractivity contribution in [3.63, 3.8) is 0 Å². The molecular formula is C17H27N5O2. The lowest BCUT2D eigenvalue weighted by atomic mass is 9.95. The van der Waals surface area contributed by atoms with Crippen LogP contribution in [-0.4, -0.2) is 57.6 Å². The van der Waals surface area contributed by atoms with Gasteiger partial charge < -0.3 is 15.0 Å². The highest BCUT2D eigenvalue weighted by Gasteiger charge is 2.36. The molecule has 3 heterocycles. The molecule has 2 aliphatic heterocycles. The Morgan fingerprint density at radius 3 is 3.04 bits per heavy atom. The molecule has 1 aromatic rings. The zero-order valence-corrected chi connectivity index (χ0v) is 14.2. The van der Waals surface area contributed by atoms with E-state index in [-0.39, 0.29) is 12.0 Å². The van der Waals surface area contributed by atoms with Crippen molar-refractivity contribution < 1.29 is 9.53 Å². The molecule has 132 valence electrons. The summed E-state index contributed by atoms with van der Waals surface area (Å²) < 4.78 is 8.01. The van der Waals surface area contributed by atoms with Crippen LogP contribution in [0.4, 0.5) is 0 Å². The van der Waals surface area contributed by atoms with Gasteiger partial charge in [-0.05, 0) is 19.3 Å². The van der Waals surface area contributed by atoms with Crippen molar-refractivity contribution in [3.8, 4) is 0 Å². The van der Waals surface area contributed by atoms with Crippen molar-refractivity contribution in [1.29, 1.82) is 0 Å². The fraction of sp³-hybridized carbons (Fsp3) is 0.824. The summed E-state index contributed by atoms with van der Waals surface area (Å²) in [5.74, 6) is 0.201. The predicted octanol–water partition coefficient (Wildman–Crippen LogP) is 1.26. The van der Waals surface area contributed by atoms with Crippen LogP contribution in [0.3, 0.4) is 0 Å². The number of nitrogens with zero attached hydrogens (tertiary/aromatic N) is 4. The van der Waals surface area contributed by atoms with Crippen LogP contribution in [0.15, 0.2) is 6.20 Å². The topological polar surface area (TPSA) is 72.3 Å². The molecule has 1 N–H and O–H groups in total. The van der Waals surface area contributed by atoms with Crippen LogP contribution in [0.5, 0.6) is 0 Å². The summed E-state index contributed by atoms with van der Waals surface area (Å²) in [6.45, 7) is 3.26. The van der Waals surface area contributed by atoms with Crippen LogP contribution in [0, 0.1) is 0 Å². The molecule has 1 saturated heterocycles. The van der Waals surface area contributed by atoms with E-state index < -0.39 is 0 Å². The normalized spacial score (nSPS) is 28.2. The van der Waals surface area contributed by atoms with Gasteiger partial charge in [-0.15, -0.1) is 5.10 Å². The maximum Gasteiger partial charge on any atom is 0.221 e. The van der Waals surface area contributed by atoms with Gasteiger partial charge in [-0.1, -0.05) is 24.5 Å². The molecule has 7 nitrogen and oxygen atoms in total. The number of rotatable bonds is 4. The molecular weight excluding hydrogens is 306 g/mol. The van der Waals surface area contributed by atoms with Crippen LogP contribution in [-0.2, 0) is 16.1 Å². The van der Waals surface area contributed by atoms with Crippen LogP contribution < -0.4 is 5.32 Å². The summed E-state index contributed by atoms with van der Waals surface area (Å²) in [5, 5.41) is 11.4. The first kappa shape index (κ1) is 16.0. The zero-order chi connectivity index (χ0) is 16.4. The minimum Gasteiger partial charge on any atom is -0.368 e. The Morgan fingerprint density at radius 2 is 2.17 bits per heavy atom. The molecule has 0 unspecified atom stereocenters. The van der Waals surface area contributed by atoms with Crippen LogP contribution >= 0.6 is 0 Å². The van der Waals surface area contributed by atoms with Gasteiger partial charge in [0.25, 0.3) is 0 Å². The van der Waals surface area contributed by atoms with E-state index >= 15 is 0 Å². The molecule has 0 bridgehead atoms. The van der Waals surface area contributed by atoms with Gasteiger partial charge in [-0.3, -0.25) is 4.79 Å². The molecule has 0 radical (unpaired) electrons. The van der Waals surface area contributed by atoms with Gasteiger partial charge in [0.2, 0.25) is 5.91 Å². The third kappa shape index (κ3) is 3.47. The largest absolute Gasteiger partial charge is 0.368 e. The third-order valence-electron chi connectivity index (χ3n) is 5.64.